The van der Waals surface area contributed by atoms with Crippen LogP contribution in [0, 0.1) is 13.8 Å². The molecule has 0 amide bonds. The number of benzene rings is 2. The van der Waals surface area contributed by atoms with E-state index in [1.54, 1.807) is 35.2 Å². The minimum absolute atomic E-state index is 0.127. The molecule has 0 spiro atoms. The number of carbonyl (C=O) groups is 1. The van der Waals surface area contributed by atoms with Crippen LogP contribution < -0.4 is 0 Å². The molecular weight excluding hydrogens is 272 g/mol. The molecule has 1 heterocycles. The highest BCUT2D eigenvalue weighted by atomic mass is 35.5. The summed E-state index contributed by atoms with van der Waals surface area (Å²) in [6.07, 6.45) is 1.56. The highest BCUT2D eigenvalue weighted by Crippen LogP contribution is 2.20. The van der Waals surface area contributed by atoms with Crippen LogP contribution in [-0.4, -0.2) is 15.5 Å². The minimum Gasteiger partial charge on any atom is -0.268 e. The first kappa shape index (κ1) is 12.9. The summed E-state index contributed by atoms with van der Waals surface area (Å²) in [7, 11) is 0. The van der Waals surface area contributed by atoms with Crippen molar-refractivity contribution >= 4 is 28.5 Å². The molecule has 0 aliphatic rings. The van der Waals surface area contributed by atoms with Crippen molar-refractivity contribution in [3.05, 3.63) is 64.4 Å². The van der Waals surface area contributed by atoms with Crippen molar-refractivity contribution in [3.63, 3.8) is 0 Å². The van der Waals surface area contributed by atoms with E-state index >= 15 is 0 Å². The molecule has 0 saturated carbocycles. The van der Waals surface area contributed by atoms with Gasteiger partial charge >= 0.3 is 0 Å². The number of fused-ring (bicyclic) bond motifs is 1. The summed E-state index contributed by atoms with van der Waals surface area (Å²) in [4.78, 5) is 16.8. The molecular formula is C16H13ClN2O. The summed E-state index contributed by atoms with van der Waals surface area (Å²) in [5, 5.41) is 0.548. The van der Waals surface area contributed by atoms with Gasteiger partial charge in [-0.15, -0.1) is 0 Å². The summed E-state index contributed by atoms with van der Waals surface area (Å²) in [6.45, 7) is 4.06. The molecule has 100 valence electrons. The number of halogens is 1. The van der Waals surface area contributed by atoms with E-state index < -0.39 is 0 Å². The van der Waals surface area contributed by atoms with Crippen molar-refractivity contribution in [2.45, 2.75) is 13.8 Å². The van der Waals surface area contributed by atoms with E-state index in [1.165, 1.54) is 0 Å². The van der Waals surface area contributed by atoms with Gasteiger partial charge in [0.2, 0.25) is 0 Å². The Morgan fingerprint density at radius 2 is 1.90 bits per heavy atom. The Balaban J connectivity index is 2.15. The highest BCUT2D eigenvalue weighted by Gasteiger charge is 2.13. The zero-order chi connectivity index (χ0) is 14.3. The second kappa shape index (κ2) is 4.76. The molecule has 0 radical (unpaired) electrons. The first-order valence-electron chi connectivity index (χ1n) is 6.31. The van der Waals surface area contributed by atoms with Gasteiger partial charge in [-0.05, 0) is 55.3 Å². The standard InChI is InChI=1S/C16H13ClN2O/c1-10-6-14-15(7-11(10)2)19(9-18-14)16(20)12-4-3-5-13(17)8-12/h3-9H,1-2H3. The van der Waals surface area contributed by atoms with E-state index in [-0.39, 0.29) is 5.91 Å². The van der Waals surface area contributed by atoms with Crippen LogP contribution in [0.4, 0.5) is 0 Å². The molecule has 0 atom stereocenters. The molecule has 0 bridgehead atoms. The normalized spacial score (nSPS) is 10.9. The van der Waals surface area contributed by atoms with Crippen LogP contribution in [0.2, 0.25) is 5.02 Å². The molecule has 0 saturated heterocycles. The SMILES string of the molecule is Cc1cc2ncn(C(=O)c3cccc(Cl)c3)c2cc1C. The van der Waals surface area contributed by atoms with E-state index in [0.717, 1.165) is 22.2 Å². The molecule has 0 fully saturated rings. The molecule has 0 N–H and O–H groups in total. The van der Waals surface area contributed by atoms with Crippen molar-refractivity contribution in [3.8, 4) is 0 Å². The van der Waals surface area contributed by atoms with Crippen LogP contribution in [0.5, 0.6) is 0 Å². The van der Waals surface area contributed by atoms with Crippen LogP contribution >= 0.6 is 11.6 Å². The second-order valence-electron chi connectivity index (χ2n) is 4.86. The Kier molecular flexibility index (Phi) is 3.07. The molecule has 3 nitrogen and oxygen atoms in total. The van der Waals surface area contributed by atoms with Gasteiger partial charge in [-0.25, -0.2) is 4.98 Å². The van der Waals surface area contributed by atoms with Crippen LogP contribution in [0.1, 0.15) is 21.5 Å². The lowest BCUT2D eigenvalue weighted by molar-refractivity contribution is 0.0964. The number of aromatic nitrogens is 2. The summed E-state index contributed by atoms with van der Waals surface area (Å²) in [6, 6.07) is 10.9. The van der Waals surface area contributed by atoms with Crippen molar-refractivity contribution in [2.75, 3.05) is 0 Å². The number of aryl methyl sites for hydroxylation is 2. The van der Waals surface area contributed by atoms with Crippen LogP contribution in [0.15, 0.2) is 42.7 Å². The predicted molar refractivity (Wildman–Crippen MR) is 80.4 cm³/mol. The second-order valence-corrected chi connectivity index (χ2v) is 5.29. The monoisotopic (exact) mass is 284 g/mol. The number of nitrogens with zero attached hydrogens (tertiary/aromatic N) is 2. The quantitative estimate of drug-likeness (QED) is 0.677. The number of hydrogen-bond donors (Lipinski definition) is 0. The van der Waals surface area contributed by atoms with Crippen molar-refractivity contribution in [2.24, 2.45) is 0 Å². The fourth-order valence-corrected chi connectivity index (χ4v) is 2.38. The topological polar surface area (TPSA) is 34.9 Å². The summed E-state index contributed by atoms with van der Waals surface area (Å²) < 4.78 is 1.56. The van der Waals surface area contributed by atoms with Gasteiger partial charge in [0.1, 0.15) is 6.33 Å². The number of imidazole rings is 1. The summed E-state index contributed by atoms with van der Waals surface area (Å²) in [5.74, 6) is -0.127. The lowest BCUT2D eigenvalue weighted by Gasteiger charge is -2.05. The van der Waals surface area contributed by atoms with E-state index in [4.69, 9.17) is 11.6 Å². The predicted octanol–water partition coefficient (Wildman–Crippen LogP) is 4.00. The van der Waals surface area contributed by atoms with Gasteiger partial charge in [0, 0.05) is 10.6 Å². The third-order valence-corrected chi connectivity index (χ3v) is 3.69. The number of rotatable bonds is 1. The molecule has 20 heavy (non-hydrogen) atoms. The Labute approximate surface area is 121 Å². The van der Waals surface area contributed by atoms with Crippen LogP contribution in [0.25, 0.3) is 11.0 Å². The van der Waals surface area contributed by atoms with Gasteiger partial charge in [-0.3, -0.25) is 9.36 Å². The van der Waals surface area contributed by atoms with Gasteiger partial charge in [0.05, 0.1) is 11.0 Å². The van der Waals surface area contributed by atoms with Gasteiger partial charge in [-0.1, -0.05) is 17.7 Å². The van der Waals surface area contributed by atoms with Crippen LogP contribution in [0.3, 0.4) is 0 Å². The third-order valence-electron chi connectivity index (χ3n) is 3.45. The van der Waals surface area contributed by atoms with E-state index in [9.17, 15) is 4.79 Å². The van der Waals surface area contributed by atoms with Crippen LogP contribution in [-0.2, 0) is 0 Å². The average Bonchev–Trinajstić information content (AvgIpc) is 2.81. The maximum atomic E-state index is 12.5. The average molecular weight is 285 g/mol. The Morgan fingerprint density at radius 1 is 1.15 bits per heavy atom. The maximum Gasteiger partial charge on any atom is 0.263 e. The fraction of sp³-hybridized carbons (Fsp3) is 0.125. The molecule has 1 aromatic heterocycles. The maximum absolute atomic E-state index is 12.5. The minimum atomic E-state index is -0.127. The number of hydrogen-bond acceptors (Lipinski definition) is 2. The lowest BCUT2D eigenvalue weighted by atomic mass is 10.1. The highest BCUT2D eigenvalue weighted by molar-refractivity contribution is 6.31. The molecule has 3 rings (SSSR count). The lowest BCUT2D eigenvalue weighted by Crippen LogP contribution is -2.10. The summed E-state index contributed by atoms with van der Waals surface area (Å²) >= 11 is 5.94. The summed E-state index contributed by atoms with van der Waals surface area (Å²) in [5.41, 5.74) is 4.49. The van der Waals surface area contributed by atoms with Gasteiger partial charge in [0.15, 0.2) is 0 Å². The van der Waals surface area contributed by atoms with Gasteiger partial charge in [-0.2, -0.15) is 0 Å². The molecule has 3 aromatic rings. The van der Waals surface area contributed by atoms with Gasteiger partial charge in [0.25, 0.3) is 5.91 Å². The van der Waals surface area contributed by atoms with Crippen molar-refractivity contribution in [1.29, 1.82) is 0 Å². The third kappa shape index (κ3) is 2.10. The smallest absolute Gasteiger partial charge is 0.263 e. The van der Waals surface area contributed by atoms with Gasteiger partial charge < -0.3 is 0 Å². The molecule has 2 aromatic carbocycles. The van der Waals surface area contributed by atoms with E-state index in [0.29, 0.717) is 10.6 Å². The van der Waals surface area contributed by atoms with Crippen molar-refractivity contribution < 1.29 is 4.79 Å². The first-order valence-corrected chi connectivity index (χ1v) is 6.68. The zero-order valence-corrected chi connectivity index (χ0v) is 12.0. The molecule has 4 heteroatoms. The Morgan fingerprint density at radius 3 is 2.65 bits per heavy atom. The Hall–Kier alpha value is -2.13. The molecule has 0 unspecified atom stereocenters. The molecule has 0 aliphatic carbocycles. The first-order chi connectivity index (χ1) is 9.56. The number of carbonyl (C=O) groups excluding carboxylic acids is 1. The van der Waals surface area contributed by atoms with Crippen molar-refractivity contribution in [1.82, 2.24) is 9.55 Å². The zero-order valence-electron chi connectivity index (χ0n) is 11.2. The van der Waals surface area contributed by atoms with E-state index in [2.05, 4.69) is 4.98 Å². The fourth-order valence-electron chi connectivity index (χ4n) is 2.19. The Bertz CT molecular complexity index is 820. The molecule has 0 aliphatic heterocycles. The largest absolute Gasteiger partial charge is 0.268 e. The van der Waals surface area contributed by atoms with E-state index in [1.807, 2.05) is 26.0 Å².